The van der Waals surface area contributed by atoms with Gasteiger partial charge in [-0.1, -0.05) is 16.4 Å². The van der Waals surface area contributed by atoms with Gasteiger partial charge in [0, 0.05) is 36.2 Å². The standard InChI is InChI=1S/C20H19FN8O/c1-12(27-30-15-4-6-22-9-15)18-10-24-19-20(25-18)29(28-26-19)11-14-7-13-3-2-5-23-17(13)8-16(14)21/h2-3,5,7-8,10,15,22H,4,6,9,11H2,1H3/b27-12-/t15-/m1/s1. The summed E-state index contributed by atoms with van der Waals surface area (Å²) in [7, 11) is 0. The first-order chi connectivity index (χ1) is 14.7. The van der Waals surface area contributed by atoms with E-state index < -0.39 is 0 Å². The first-order valence-corrected chi connectivity index (χ1v) is 9.68. The molecule has 1 aliphatic rings. The van der Waals surface area contributed by atoms with Crippen LogP contribution in [0.3, 0.4) is 0 Å². The van der Waals surface area contributed by atoms with Gasteiger partial charge < -0.3 is 10.2 Å². The Morgan fingerprint density at radius 2 is 2.30 bits per heavy atom. The second-order valence-electron chi connectivity index (χ2n) is 7.19. The summed E-state index contributed by atoms with van der Waals surface area (Å²) in [6, 6.07) is 6.90. The first-order valence-electron chi connectivity index (χ1n) is 9.68. The van der Waals surface area contributed by atoms with Crippen molar-refractivity contribution in [2.45, 2.75) is 26.0 Å². The number of pyridine rings is 1. The van der Waals surface area contributed by atoms with Crippen LogP contribution in [0.4, 0.5) is 4.39 Å². The number of nitrogens with zero attached hydrogens (tertiary/aromatic N) is 7. The highest BCUT2D eigenvalue weighted by molar-refractivity contribution is 5.97. The van der Waals surface area contributed by atoms with Crippen LogP contribution in [0.2, 0.25) is 0 Å². The minimum atomic E-state index is -0.356. The minimum absolute atomic E-state index is 0.0641. The van der Waals surface area contributed by atoms with E-state index in [-0.39, 0.29) is 18.5 Å². The maximum absolute atomic E-state index is 14.6. The average molecular weight is 406 g/mol. The molecule has 30 heavy (non-hydrogen) atoms. The highest BCUT2D eigenvalue weighted by Gasteiger charge is 2.17. The molecule has 4 heterocycles. The highest BCUT2D eigenvalue weighted by Crippen LogP contribution is 2.19. The predicted molar refractivity (Wildman–Crippen MR) is 108 cm³/mol. The Labute approximate surface area is 171 Å². The lowest BCUT2D eigenvalue weighted by molar-refractivity contribution is 0.0735. The molecule has 1 saturated heterocycles. The lowest BCUT2D eigenvalue weighted by Crippen LogP contribution is -2.15. The van der Waals surface area contributed by atoms with Gasteiger partial charge in [-0.05, 0) is 25.6 Å². The third kappa shape index (κ3) is 3.57. The molecule has 0 aliphatic carbocycles. The van der Waals surface area contributed by atoms with Crippen LogP contribution in [0.1, 0.15) is 24.6 Å². The lowest BCUT2D eigenvalue weighted by atomic mass is 10.1. The van der Waals surface area contributed by atoms with Crippen molar-refractivity contribution in [1.29, 1.82) is 0 Å². The highest BCUT2D eigenvalue weighted by atomic mass is 19.1. The third-order valence-corrected chi connectivity index (χ3v) is 5.04. The Balaban J connectivity index is 1.44. The van der Waals surface area contributed by atoms with E-state index in [2.05, 4.69) is 35.7 Å². The summed E-state index contributed by atoms with van der Waals surface area (Å²) >= 11 is 0. The quantitative estimate of drug-likeness (QED) is 0.400. The van der Waals surface area contributed by atoms with Crippen molar-refractivity contribution in [2.75, 3.05) is 13.1 Å². The number of benzene rings is 1. The van der Waals surface area contributed by atoms with E-state index >= 15 is 0 Å². The molecule has 9 nitrogen and oxygen atoms in total. The molecule has 5 rings (SSSR count). The SMILES string of the molecule is C/C(=N/O[C@@H]1CCNC1)c1cnc2nnn(Cc3cc4cccnc4cc3F)c2n1. The first kappa shape index (κ1) is 18.5. The van der Waals surface area contributed by atoms with Crippen LogP contribution in [0.15, 0.2) is 41.8 Å². The molecule has 152 valence electrons. The number of hydrogen-bond acceptors (Lipinski definition) is 8. The van der Waals surface area contributed by atoms with E-state index in [0.717, 1.165) is 24.9 Å². The summed E-state index contributed by atoms with van der Waals surface area (Å²) in [6.45, 7) is 3.69. The summed E-state index contributed by atoms with van der Waals surface area (Å²) in [5, 5.41) is 16.4. The maximum atomic E-state index is 14.6. The van der Waals surface area contributed by atoms with Crippen LogP contribution in [-0.4, -0.2) is 54.9 Å². The van der Waals surface area contributed by atoms with E-state index in [4.69, 9.17) is 4.84 Å². The van der Waals surface area contributed by atoms with Crippen LogP contribution in [0.25, 0.3) is 22.2 Å². The Hall–Kier alpha value is -3.53. The Morgan fingerprint density at radius 1 is 1.37 bits per heavy atom. The zero-order valence-corrected chi connectivity index (χ0v) is 16.3. The molecule has 1 aromatic carbocycles. The Bertz CT molecular complexity index is 1250. The molecule has 0 spiro atoms. The van der Waals surface area contributed by atoms with E-state index in [1.54, 1.807) is 18.5 Å². The average Bonchev–Trinajstić information content (AvgIpc) is 3.42. The topological polar surface area (TPSA) is 103 Å². The number of oxime groups is 1. The zero-order valence-electron chi connectivity index (χ0n) is 16.3. The molecule has 0 saturated carbocycles. The van der Waals surface area contributed by atoms with E-state index in [0.29, 0.717) is 33.8 Å². The van der Waals surface area contributed by atoms with Gasteiger partial charge >= 0.3 is 0 Å². The van der Waals surface area contributed by atoms with Crippen molar-refractivity contribution < 1.29 is 9.23 Å². The van der Waals surface area contributed by atoms with Gasteiger partial charge in [0.05, 0.1) is 18.3 Å². The summed E-state index contributed by atoms with van der Waals surface area (Å²) < 4.78 is 16.1. The van der Waals surface area contributed by atoms with Crippen molar-refractivity contribution >= 4 is 27.9 Å². The molecule has 3 aromatic heterocycles. The number of nitrogens with one attached hydrogen (secondary N) is 1. The fraction of sp³-hybridized carbons (Fsp3) is 0.300. The van der Waals surface area contributed by atoms with Crippen molar-refractivity contribution in [2.24, 2.45) is 5.16 Å². The van der Waals surface area contributed by atoms with Crippen molar-refractivity contribution in [3.8, 4) is 0 Å². The molecule has 1 N–H and O–H groups in total. The van der Waals surface area contributed by atoms with Gasteiger partial charge in [0.1, 0.15) is 23.3 Å². The van der Waals surface area contributed by atoms with Crippen molar-refractivity contribution in [3.63, 3.8) is 0 Å². The van der Waals surface area contributed by atoms with Crippen molar-refractivity contribution in [3.05, 3.63) is 53.7 Å². The molecule has 4 aromatic rings. The predicted octanol–water partition coefficient (Wildman–Crippen LogP) is 2.06. The summed E-state index contributed by atoms with van der Waals surface area (Å²) in [6.07, 6.45) is 4.21. The molecule has 10 heteroatoms. The van der Waals surface area contributed by atoms with Gasteiger partial charge in [0.25, 0.3) is 0 Å². The fourth-order valence-electron chi connectivity index (χ4n) is 3.38. The van der Waals surface area contributed by atoms with Crippen LogP contribution >= 0.6 is 0 Å². The summed E-state index contributed by atoms with van der Waals surface area (Å²) in [5.41, 5.74) is 3.07. The van der Waals surface area contributed by atoms with Crippen molar-refractivity contribution in [1.82, 2.24) is 35.3 Å². The van der Waals surface area contributed by atoms with Gasteiger partial charge in [0.2, 0.25) is 5.65 Å². The monoisotopic (exact) mass is 406 g/mol. The number of aromatic nitrogens is 6. The molecule has 1 atom stereocenters. The number of rotatable bonds is 5. The third-order valence-electron chi connectivity index (χ3n) is 5.04. The smallest absolute Gasteiger partial charge is 0.221 e. The van der Waals surface area contributed by atoms with Gasteiger partial charge in [-0.3, -0.25) is 4.98 Å². The molecule has 0 unspecified atom stereocenters. The molecule has 1 fully saturated rings. The van der Waals surface area contributed by atoms with Gasteiger partial charge in [0.15, 0.2) is 5.65 Å². The second kappa shape index (κ2) is 7.71. The van der Waals surface area contributed by atoms with Gasteiger partial charge in [-0.2, -0.15) is 0 Å². The van der Waals surface area contributed by atoms with Crippen LogP contribution in [0.5, 0.6) is 0 Å². The molecule has 0 radical (unpaired) electrons. The van der Waals surface area contributed by atoms with E-state index in [1.165, 1.54) is 10.7 Å². The summed E-state index contributed by atoms with van der Waals surface area (Å²) in [5.74, 6) is -0.356. The molecule has 1 aliphatic heterocycles. The van der Waals surface area contributed by atoms with Crippen LogP contribution in [0, 0.1) is 5.82 Å². The largest absolute Gasteiger partial charge is 0.391 e. The Morgan fingerprint density at radius 3 is 3.17 bits per heavy atom. The summed E-state index contributed by atoms with van der Waals surface area (Å²) in [4.78, 5) is 18.6. The van der Waals surface area contributed by atoms with Crippen LogP contribution < -0.4 is 5.32 Å². The lowest BCUT2D eigenvalue weighted by Gasteiger charge is -2.08. The maximum Gasteiger partial charge on any atom is 0.221 e. The molecule has 0 bridgehead atoms. The van der Waals surface area contributed by atoms with E-state index in [1.807, 2.05) is 19.1 Å². The normalized spacial score (nSPS) is 17.1. The number of halogens is 1. The molecular weight excluding hydrogens is 387 g/mol. The van der Waals surface area contributed by atoms with Gasteiger partial charge in [-0.25, -0.2) is 19.0 Å². The molecular formula is C20H19FN8O. The minimum Gasteiger partial charge on any atom is -0.391 e. The number of hydrogen-bond donors (Lipinski definition) is 1. The molecule has 0 amide bonds. The second-order valence-corrected chi connectivity index (χ2v) is 7.19. The fourth-order valence-corrected chi connectivity index (χ4v) is 3.38. The number of fused-ring (bicyclic) bond motifs is 2. The van der Waals surface area contributed by atoms with Crippen LogP contribution in [-0.2, 0) is 11.4 Å². The van der Waals surface area contributed by atoms with E-state index in [9.17, 15) is 4.39 Å². The Kier molecular flexibility index (Phi) is 4.75. The van der Waals surface area contributed by atoms with Gasteiger partial charge in [-0.15, -0.1) is 5.10 Å². The zero-order chi connectivity index (χ0) is 20.5.